The number of hydrogen-bond acceptors (Lipinski definition) is 2. The van der Waals surface area contributed by atoms with E-state index in [2.05, 4.69) is 195 Å². The van der Waals surface area contributed by atoms with Crippen LogP contribution in [0.1, 0.15) is 25.0 Å². The molecule has 0 atom stereocenters. The lowest BCUT2D eigenvalue weighted by Gasteiger charge is -2.30. The molecule has 0 amide bonds. The third kappa shape index (κ3) is 4.49. The molecule has 0 saturated carbocycles. The van der Waals surface area contributed by atoms with Gasteiger partial charge in [-0.3, -0.25) is 0 Å². The monoisotopic (exact) mass is 693 g/mol. The standard InChI is InChI=1S/C51H35NS/c1-51(2)46-22-12-10-20-40(46)41-27-25-34(29-47(41)51)52(33-24-26-39-37-18-7-6-16-35(37)36-17-8-9-19-38(36)44(39)28-33)48-31-50-45(42-21-11-13-23-49(42)53-50)30-43(48)32-14-4-3-5-15-32/h3-31H,1-2H3. The summed E-state index contributed by atoms with van der Waals surface area (Å²) in [6.45, 7) is 4.75. The van der Waals surface area contributed by atoms with Crippen LogP contribution in [0.25, 0.3) is 74.7 Å². The van der Waals surface area contributed by atoms with Gasteiger partial charge in [0.05, 0.1) is 5.69 Å². The molecule has 1 aliphatic rings. The summed E-state index contributed by atoms with van der Waals surface area (Å²) in [6.07, 6.45) is 0. The second-order valence-electron chi connectivity index (χ2n) is 14.9. The van der Waals surface area contributed by atoms with E-state index in [0.29, 0.717) is 0 Å². The molecule has 0 aliphatic heterocycles. The van der Waals surface area contributed by atoms with Crippen LogP contribution in [0.5, 0.6) is 0 Å². The highest BCUT2D eigenvalue weighted by molar-refractivity contribution is 7.25. The molecular formula is C51H35NS. The number of nitrogens with zero attached hydrogens (tertiary/aromatic N) is 1. The fourth-order valence-electron chi connectivity index (χ4n) is 9.09. The molecule has 11 rings (SSSR count). The van der Waals surface area contributed by atoms with Gasteiger partial charge in [-0.15, -0.1) is 11.3 Å². The van der Waals surface area contributed by atoms with Crippen LogP contribution in [0, 0.1) is 0 Å². The fraction of sp³-hybridized carbons (Fsp3) is 0.0588. The van der Waals surface area contributed by atoms with E-state index in [4.69, 9.17) is 0 Å². The average molecular weight is 694 g/mol. The molecule has 0 fully saturated rings. The van der Waals surface area contributed by atoms with Crippen molar-refractivity contribution in [1.82, 2.24) is 0 Å². The minimum Gasteiger partial charge on any atom is -0.310 e. The van der Waals surface area contributed by atoms with Crippen molar-refractivity contribution < 1.29 is 0 Å². The first-order chi connectivity index (χ1) is 26.0. The van der Waals surface area contributed by atoms with E-state index >= 15 is 0 Å². The predicted octanol–water partition coefficient (Wildman–Crippen LogP) is 15.0. The van der Waals surface area contributed by atoms with Crippen molar-refractivity contribution in [3.8, 4) is 22.3 Å². The lowest BCUT2D eigenvalue weighted by atomic mass is 9.82. The van der Waals surface area contributed by atoms with Crippen LogP contribution in [0.15, 0.2) is 176 Å². The van der Waals surface area contributed by atoms with Gasteiger partial charge < -0.3 is 4.90 Å². The summed E-state index contributed by atoms with van der Waals surface area (Å²) in [6, 6.07) is 65.5. The Morgan fingerprint density at radius 3 is 1.70 bits per heavy atom. The number of anilines is 3. The highest BCUT2D eigenvalue weighted by atomic mass is 32.1. The van der Waals surface area contributed by atoms with Crippen molar-refractivity contribution in [3.05, 3.63) is 187 Å². The van der Waals surface area contributed by atoms with E-state index in [1.165, 1.54) is 91.6 Å². The zero-order chi connectivity index (χ0) is 35.3. The summed E-state index contributed by atoms with van der Waals surface area (Å²) < 4.78 is 2.60. The highest BCUT2D eigenvalue weighted by Crippen LogP contribution is 2.52. The first kappa shape index (κ1) is 30.4. The summed E-state index contributed by atoms with van der Waals surface area (Å²) in [4.78, 5) is 2.52. The van der Waals surface area contributed by atoms with Crippen LogP contribution in [-0.4, -0.2) is 0 Å². The third-order valence-electron chi connectivity index (χ3n) is 11.6. The van der Waals surface area contributed by atoms with Gasteiger partial charge in [0.25, 0.3) is 0 Å². The van der Waals surface area contributed by atoms with Crippen LogP contribution in [0.2, 0.25) is 0 Å². The van der Waals surface area contributed by atoms with E-state index in [-0.39, 0.29) is 5.41 Å². The Labute approximate surface area is 313 Å². The second-order valence-corrected chi connectivity index (χ2v) is 16.0. The summed E-state index contributed by atoms with van der Waals surface area (Å²) in [7, 11) is 0. The molecule has 0 N–H and O–H groups in total. The maximum absolute atomic E-state index is 2.52. The molecule has 10 aromatic rings. The van der Waals surface area contributed by atoms with E-state index in [0.717, 1.165) is 11.4 Å². The molecule has 53 heavy (non-hydrogen) atoms. The topological polar surface area (TPSA) is 3.24 Å². The number of benzene rings is 9. The van der Waals surface area contributed by atoms with Crippen LogP contribution >= 0.6 is 11.3 Å². The van der Waals surface area contributed by atoms with Crippen LogP contribution < -0.4 is 4.90 Å². The van der Waals surface area contributed by atoms with E-state index in [9.17, 15) is 0 Å². The van der Waals surface area contributed by atoms with E-state index in [1.54, 1.807) is 0 Å². The van der Waals surface area contributed by atoms with Gasteiger partial charge in [0.2, 0.25) is 0 Å². The van der Waals surface area contributed by atoms with E-state index < -0.39 is 0 Å². The number of hydrogen-bond donors (Lipinski definition) is 0. The largest absolute Gasteiger partial charge is 0.310 e. The molecule has 0 bridgehead atoms. The molecule has 9 aromatic carbocycles. The van der Waals surface area contributed by atoms with Crippen molar-refractivity contribution in [1.29, 1.82) is 0 Å². The Bertz CT molecular complexity index is 3060. The van der Waals surface area contributed by atoms with Gasteiger partial charge in [-0.1, -0.05) is 147 Å². The maximum Gasteiger partial charge on any atom is 0.0554 e. The number of thiophene rings is 1. The Kier molecular flexibility index (Phi) is 6.53. The van der Waals surface area contributed by atoms with Crippen LogP contribution in [0.4, 0.5) is 17.1 Å². The maximum atomic E-state index is 2.52. The van der Waals surface area contributed by atoms with Crippen molar-refractivity contribution in [2.24, 2.45) is 0 Å². The van der Waals surface area contributed by atoms with Crippen molar-refractivity contribution in [2.75, 3.05) is 4.90 Å². The Morgan fingerprint density at radius 1 is 0.377 bits per heavy atom. The fourth-order valence-corrected chi connectivity index (χ4v) is 10.2. The first-order valence-corrected chi connectivity index (χ1v) is 19.2. The van der Waals surface area contributed by atoms with Gasteiger partial charge in [0.1, 0.15) is 0 Å². The lowest BCUT2D eigenvalue weighted by molar-refractivity contribution is 0.660. The molecule has 1 aromatic heterocycles. The molecule has 1 heterocycles. The van der Waals surface area contributed by atoms with Crippen molar-refractivity contribution in [2.45, 2.75) is 19.3 Å². The summed E-state index contributed by atoms with van der Waals surface area (Å²) in [5.74, 6) is 0. The minimum absolute atomic E-state index is 0.121. The summed E-state index contributed by atoms with van der Waals surface area (Å²) in [5, 5.41) is 10.3. The van der Waals surface area contributed by atoms with Gasteiger partial charge in [-0.05, 0) is 103 Å². The average Bonchev–Trinajstić information content (AvgIpc) is 3.69. The normalized spacial score (nSPS) is 13.2. The lowest BCUT2D eigenvalue weighted by Crippen LogP contribution is -2.17. The molecule has 0 saturated heterocycles. The first-order valence-electron chi connectivity index (χ1n) is 18.4. The molecule has 0 unspecified atom stereocenters. The number of rotatable bonds is 4. The highest BCUT2D eigenvalue weighted by Gasteiger charge is 2.36. The smallest absolute Gasteiger partial charge is 0.0554 e. The van der Waals surface area contributed by atoms with Crippen LogP contribution in [0.3, 0.4) is 0 Å². The van der Waals surface area contributed by atoms with Crippen LogP contribution in [-0.2, 0) is 5.41 Å². The quantitative estimate of drug-likeness (QED) is 0.166. The Hall–Kier alpha value is -6.22. The number of fused-ring (bicyclic) bond motifs is 12. The molecular weight excluding hydrogens is 659 g/mol. The Morgan fingerprint density at radius 2 is 0.943 bits per heavy atom. The van der Waals surface area contributed by atoms with E-state index in [1.807, 2.05) is 11.3 Å². The SMILES string of the molecule is CC1(C)c2ccccc2-c2ccc(N(c3ccc4c5ccccc5c5ccccc5c4c3)c3cc4sc5ccccc5c4cc3-c3ccccc3)cc21. The summed E-state index contributed by atoms with van der Waals surface area (Å²) in [5.41, 5.74) is 11.2. The zero-order valence-corrected chi connectivity index (χ0v) is 30.4. The second kappa shape index (κ2) is 11.4. The summed E-state index contributed by atoms with van der Waals surface area (Å²) >= 11 is 1.88. The minimum atomic E-state index is -0.121. The molecule has 1 nitrogen and oxygen atoms in total. The Balaban J connectivity index is 1.24. The molecule has 0 spiro atoms. The van der Waals surface area contributed by atoms with Gasteiger partial charge >= 0.3 is 0 Å². The van der Waals surface area contributed by atoms with Gasteiger partial charge in [-0.25, -0.2) is 0 Å². The third-order valence-corrected chi connectivity index (χ3v) is 12.8. The zero-order valence-electron chi connectivity index (χ0n) is 29.6. The molecule has 0 radical (unpaired) electrons. The van der Waals surface area contributed by atoms with Gasteiger partial charge in [-0.2, -0.15) is 0 Å². The van der Waals surface area contributed by atoms with Crippen molar-refractivity contribution in [3.63, 3.8) is 0 Å². The molecule has 2 heteroatoms. The van der Waals surface area contributed by atoms with Gasteiger partial charge in [0.15, 0.2) is 0 Å². The molecule has 250 valence electrons. The van der Waals surface area contributed by atoms with Gasteiger partial charge in [0, 0.05) is 42.5 Å². The predicted molar refractivity (Wildman–Crippen MR) is 230 cm³/mol. The van der Waals surface area contributed by atoms with Crippen molar-refractivity contribution >= 4 is 80.9 Å². The molecule has 1 aliphatic carbocycles.